The van der Waals surface area contributed by atoms with Gasteiger partial charge in [0.05, 0.1) is 18.5 Å². The van der Waals surface area contributed by atoms with E-state index in [0.29, 0.717) is 6.04 Å². The molecule has 1 aromatic heterocycles. The van der Waals surface area contributed by atoms with Crippen molar-refractivity contribution in [3.8, 4) is 0 Å². The van der Waals surface area contributed by atoms with E-state index in [1.165, 1.54) is 5.69 Å². The van der Waals surface area contributed by atoms with Crippen LogP contribution in [0.15, 0.2) is 42.7 Å². The number of hydrogen-bond donors (Lipinski definition) is 3. The van der Waals surface area contributed by atoms with Crippen LogP contribution in [0.2, 0.25) is 0 Å². The lowest BCUT2D eigenvalue weighted by molar-refractivity contribution is -0.122. The number of carbonyl (C=O) groups excluding carboxylic acids is 1. The minimum absolute atomic E-state index is 0.0562. The molecule has 0 radical (unpaired) electrons. The standard InChI is InChI=1S/C18H25N5O2/c24-11-8-19-18(25)14-23-13-16(12-20-23)21-15-6-9-22(10-7-15)17-4-2-1-3-5-17/h1-5,12-13,15,21,24H,6-11,14H2,(H,19,25). The predicted octanol–water partition coefficient (Wildman–Crippen LogP) is 1.07. The first-order valence-corrected chi connectivity index (χ1v) is 8.71. The van der Waals surface area contributed by atoms with E-state index in [4.69, 9.17) is 5.11 Å². The average molecular weight is 343 g/mol. The van der Waals surface area contributed by atoms with E-state index in [1.54, 1.807) is 10.9 Å². The van der Waals surface area contributed by atoms with Gasteiger partial charge in [-0.15, -0.1) is 0 Å². The molecule has 0 atom stereocenters. The Bertz CT molecular complexity index is 665. The number of rotatable bonds is 7. The molecule has 7 heteroatoms. The Hall–Kier alpha value is -2.54. The number of hydrogen-bond acceptors (Lipinski definition) is 5. The fourth-order valence-corrected chi connectivity index (χ4v) is 3.08. The molecule has 3 rings (SSSR count). The van der Waals surface area contributed by atoms with Crippen LogP contribution < -0.4 is 15.5 Å². The highest BCUT2D eigenvalue weighted by atomic mass is 16.3. The van der Waals surface area contributed by atoms with Crippen molar-refractivity contribution in [3.63, 3.8) is 0 Å². The average Bonchev–Trinajstić information content (AvgIpc) is 3.08. The van der Waals surface area contributed by atoms with E-state index in [0.717, 1.165) is 31.6 Å². The fraction of sp³-hybridized carbons (Fsp3) is 0.444. The Labute approximate surface area is 147 Å². The molecule has 0 bridgehead atoms. The molecule has 1 aliphatic rings. The van der Waals surface area contributed by atoms with Crippen LogP contribution in [0.1, 0.15) is 12.8 Å². The van der Waals surface area contributed by atoms with E-state index >= 15 is 0 Å². The molecule has 1 fully saturated rings. The van der Waals surface area contributed by atoms with E-state index in [-0.39, 0.29) is 25.6 Å². The number of piperidine rings is 1. The molecule has 134 valence electrons. The van der Waals surface area contributed by atoms with Crippen molar-refractivity contribution in [1.82, 2.24) is 15.1 Å². The summed E-state index contributed by atoms with van der Waals surface area (Å²) in [5.74, 6) is -0.153. The fourth-order valence-electron chi connectivity index (χ4n) is 3.08. The van der Waals surface area contributed by atoms with Crippen LogP contribution in [0.3, 0.4) is 0 Å². The third kappa shape index (κ3) is 4.96. The summed E-state index contributed by atoms with van der Waals surface area (Å²) < 4.78 is 1.61. The Morgan fingerprint density at radius 2 is 2.00 bits per heavy atom. The Morgan fingerprint density at radius 3 is 2.72 bits per heavy atom. The highest BCUT2D eigenvalue weighted by Crippen LogP contribution is 2.21. The second kappa shape index (κ2) is 8.53. The van der Waals surface area contributed by atoms with Crippen molar-refractivity contribution in [3.05, 3.63) is 42.7 Å². The molecule has 7 nitrogen and oxygen atoms in total. The van der Waals surface area contributed by atoms with Gasteiger partial charge in [-0.2, -0.15) is 5.10 Å². The second-order valence-corrected chi connectivity index (χ2v) is 6.24. The summed E-state index contributed by atoms with van der Waals surface area (Å²) in [7, 11) is 0. The first-order valence-electron chi connectivity index (χ1n) is 8.71. The molecule has 3 N–H and O–H groups in total. The quantitative estimate of drug-likeness (QED) is 0.701. The highest BCUT2D eigenvalue weighted by Gasteiger charge is 2.19. The van der Waals surface area contributed by atoms with Crippen molar-refractivity contribution in [1.29, 1.82) is 0 Å². The van der Waals surface area contributed by atoms with E-state index in [1.807, 2.05) is 12.3 Å². The lowest BCUT2D eigenvalue weighted by Crippen LogP contribution is -2.39. The number of aliphatic hydroxyl groups excluding tert-OH is 1. The maximum Gasteiger partial charge on any atom is 0.241 e. The first-order chi connectivity index (χ1) is 12.2. The molecular formula is C18H25N5O2. The Balaban J connectivity index is 1.45. The van der Waals surface area contributed by atoms with Gasteiger partial charge < -0.3 is 20.6 Å². The number of carbonyl (C=O) groups is 1. The zero-order chi connectivity index (χ0) is 17.5. The van der Waals surface area contributed by atoms with Gasteiger partial charge in [0.1, 0.15) is 6.54 Å². The van der Waals surface area contributed by atoms with Crippen molar-refractivity contribution >= 4 is 17.3 Å². The monoisotopic (exact) mass is 343 g/mol. The van der Waals surface area contributed by atoms with Gasteiger partial charge >= 0.3 is 0 Å². The number of amides is 1. The zero-order valence-corrected chi connectivity index (χ0v) is 14.3. The molecule has 1 amide bonds. The predicted molar refractivity (Wildman–Crippen MR) is 97.6 cm³/mol. The van der Waals surface area contributed by atoms with Crippen LogP contribution >= 0.6 is 0 Å². The van der Waals surface area contributed by atoms with Crippen molar-refractivity contribution < 1.29 is 9.90 Å². The van der Waals surface area contributed by atoms with Gasteiger partial charge in [-0.25, -0.2) is 0 Å². The molecular weight excluding hydrogens is 318 g/mol. The number of anilines is 2. The number of para-hydroxylation sites is 1. The van der Waals surface area contributed by atoms with Crippen molar-refractivity contribution in [2.24, 2.45) is 0 Å². The summed E-state index contributed by atoms with van der Waals surface area (Å²) >= 11 is 0. The van der Waals surface area contributed by atoms with Gasteiger partial charge in [-0.3, -0.25) is 9.48 Å². The summed E-state index contributed by atoms with van der Waals surface area (Å²) in [5.41, 5.74) is 2.22. The van der Waals surface area contributed by atoms with E-state index < -0.39 is 0 Å². The van der Waals surface area contributed by atoms with Crippen molar-refractivity contribution in [2.45, 2.75) is 25.4 Å². The lowest BCUT2D eigenvalue weighted by Gasteiger charge is -2.34. The highest BCUT2D eigenvalue weighted by molar-refractivity contribution is 5.75. The SMILES string of the molecule is O=C(Cn1cc(NC2CCN(c3ccccc3)CC2)cn1)NCCO. The second-order valence-electron chi connectivity index (χ2n) is 6.24. The summed E-state index contributed by atoms with van der Waals surface area (Å²) in [5, 5.41) is 19.0. The largest absolute Gasteiger partial charge is 0.395 e. The lowest BCUT2D eigenvalue weighted by atomic mass is 10.0. The number of aliphatic hydroxyl groups is 1. The molecule has 0 spiro atoms. The van der Waals surface area contributed by atoms with Gasteiger partial charge in [-0.05, 0) is 25.0 Å². The normalized spacial score (nSPS) is 15.2. The molecule has 2 heterocycles. The number of nitrogens with zero attached hydrogens (tertiary/aromatic N) is 3. The Morgan fingerprint density at radius 1 is 1.24 bits per heavy atom. The summed E-state index contributed by atoms with van der Waals surface area (Å²) in [6.07, 6.45) is 5.74. The van der Waals surface area contributed by atoms with E-state index in [2.05, 4.69) is 44.9 Å². The molecule has 1 saturated heterocycles. The molecule has 1 aliphatic heterocycles. The van der Waals surface area contributed by atoms with Crippen LogP contribution in [0.5, 0.6) is 0 Å². The van der Waals surface area contributed by atoms with Gasteiger partial charge in [0, 0.05) is 37.6 Å². The molecule has 2 aromatic rings. The third-order valence-corrected chi connectivity index (χ3v) is 4.36. The summed E-state index contributed by atoms with van der Waals surface area (Å²) in [6, 6.07) is 10.9. The molecule has 0 unspecified atom stereocenters. The Kier molecular flexibility index (Phi) is 5.90. The first kappa shape index (κ1) is 17.3. The van der Waals surface area contributed by atoms with Crippen LogP contribution in [0.25, 0.3) is 0 Å². The van der Waals surface area contributed by atoms with Crippen LogP contribution in [0, 0.1) is 0 Å². The summed E-state index contributed by atoms with van der Waals surface area (Å²) in [4.78, 5) is 14.0. The van der Waals surface area contributed by atoms with Crippen molar-refractivity contribution in [2.75, 3.05) is 36.5 Å². The topological polar surface area (TPSA) is 82.4 Å². The molecule has 25 heavy (non-hydrogen) atoms. The molecule has 1 aromatic carbocycles. The maximum atomic E-state index is 11.6. The van der Waals surface area contributed by atoms with Gasteiger partial charge in [0.2, 0.25) is 5.91 Å². The number of benzene rings is 1. The third-order valence-electron chi connectivity index (χ3n) is 4.36. The summed E-state index contributed by atoms with van der Waals surface area (Å²) in [6.45, 7) is 2.43. The number of nitrogens with one attached hydrogen (secondary N) is 2. The zero-order valence-electron chi connectivity index (χ0n) is 14.3. The van der Waals surface area contributed by atoms with Gasteiger partial charge in [0.15, 0.2) is 0 Å². The minimum atomic E-state index is -0.153. The van der Waals surface area contributed by atoms with E-state index in [9.17, 15) is 4.79 Å². The van der Waals surface area contributed by atoms with Crippen LogP contribution in [-0.2, 0) is 11.3 Å². The maximum absolute atomic E-state index is 11.6. The molecule has 0 aliphatic carbocycles. The molecule has 0 saturated carbocycles. The van der Waals surface area contributed by atoms with Gasteiger partial charge in [0.25, 0.3) is 0 Å². The number of aromatic nitrogens is 2. The van der Waals surface area contributed by atoms with Crippen LogP contribution in [-0.4, -0.2) is 53.1 Å². The minimum Gasteiger partial charge on any atom is -0.395 e. The smallest absolute Gasteiger partial charge is 0.241 e. The van der Waals surface area contributed by atoms with Gasteiger partial charge in [-0.1, -0.05) is 18.2 Å². The van der Waals surface area contributed by atoms with Crippen LogP contribution in [0.4, 0.5) is 11.4 Å².